The van der Waals surface area contributed by atoms with Gasteiger partial charge in [0.05, 0.1) is 0 Å². The second-order valence-electron chi connectivity index (χ2n) is 49.5. The van der Waals surface area contributed by atoms with Crippen LogP contribution in [-0.4, -0.2) is 0 Å². The minimum absolute atomic E-state index is 0.397. The normalized spacial score (nSPS) is 40.9. The Morgan fingerprint density at radius 3 is 0.949 bits per heavy atom. The first kappa shape index (κ1) is 107. The quantitative estimate of drug-likeness (QED) is 0.264. The number of hydrogen-bond acceptors (Lipinski definition) is 0. The minimum Gasteiger partial charge on any atom is -0.0808 e. The molecule has 15 aliphatic rings. The summed E-state index contributed by atoms with van der Waals surface area (Å²) in [6.07, 6.45) is 51.5. The highest BCUT2D eigenvalue weighted by atomic mass is 14.5. The van der Waals surface area contributed by atoms with Crippen LogP contribution in [0.1, 0.15) is 420 Å². The zero-order valence-corrected chi connectivity index (χ0v) is 87.4. The SMILES string of the molecule is CC(C)(C)CC1CCC2C=C3CCCC3=CC21.CC(C)C.CC(C)C.CC(C)CC1CCC2C=CC=CC21.CC1C(C)C(C)C(C)C1C.CC1C(C)C(C)C(C)C1C.CC1C(C)C(C)C(C)C1C.CC1C(C)C(C)C(C)C1C.CC1CCC2C=C3C(=CC12)C(C)(C)CCC3(C)C.CC1CCC2C=C3CC(C)(C)CC3=CC12.CCC.CCC. The highest BCUT2D eigenvalue weighted by Crippen LogP contribution is 2.59. The summed E-state index contributed by atoms with van der Waals surface area (Å²) in [6.45, 7) is 101. The average molecular weight is 1620 g/mol. The topological polar surface area (TPSA) is 0 Å². The fourth-order valence-electron chi connectivity index (χ4n) is 25.1. The summed E-state index contributed by atoms with van der Waals surface area (Å²) in [4.78, 5) is 0. The molecule has 0 aliphatic heterocycles. The highest BCUT2D eigenvalue weighted by Gasteiger charge is 2.47. The molecule has 12 unspecified atom stereocenters. The number of hydrogen-bond donors (Lipinski definition) is 0. The fraction of sp³-hybridized carbons (Fsp3) is 0.863. The Bertz CT molecular complexity index is 2780. The van der Waals surface area contributed by atoms with Crippen molar-refractivity contribution in [3.05, 3.63) is 94.2 Å². The smallest absolute Gasteiger partial charge is 0.0103 e. The van der Waals surface area contributed by atoms with E-state index in [0.29, 0.717) is 21.7 Å². The molecule has 0 bridgehead atoms. The first-order valence-electron chi connectivity index (χ1n) is 51.8. The Labute approximate surface area is 738 Å². The largest absolute Gasteiger partial charge is 0.0808 e. The van der Waals surface area contributed by atoms with Crippen LogP contribution in [0, 0.1) is 229 Å². The molecule has 0 aromatic heterocycles. The molecule has 117 heavy (non-hydrogen) atoms. The van der Waals surface area contributed by atoms with Crippen molar-refractivity contribution in [1.29, 1.82) is 0 Å². The predicted molar refractivity (Wildman–Crippen MR) is 530 cm³/mol. The van der Waals surface area contributed by atoms with Gasteiger partial charge in [0.1, 0.15) is 0 Å². The lowest BCUT2D eigenvalue weighted by molar-refractivity contribution is 0.248. The Morgan fingerprint density at radius 2 is 0.590 bits per heavy atom. The Kier molecular flexibility index (Phi) is 44.0. The lowest BCUT2D eigenvalue weighted by Crippen LogP contribution is -2.35. The third-order valence-corrected chi connectivity index (χ3v) is 35.6. The van der Waals surface area contributed by atoms with Crippen LogP contribution in [0.25, 0.3) is 0 Å². The van der Waals surface area contributed by atoms with E-state index in [1.54, 1.807) is 33.4 Å². The van der Waals surface area contributed by atoms with Gasteiger partial charge in [-0.15, -0.1) is 0 Å². The molecule has 0 aromatic carbocycles. The van der Waals surface area contributed by atoms with Gasteiger partial charge in [-0.1, -0.05) is 371 Å². The van der Waals surface area contributed by atoms with Crippen LogP contribution in [0.4, 0.5) is 0 Å². The summed E-state index contributed by atoms with van der Waals surface area (Å²) in [5, 5.41) is 0. The van der Waals surface area contributed by atoms with Crippen LogP contribution in [0.2, 0.25) is 0 Å². The average Bonchev–Trinajstić information content (AvgIpc) is 1.25. The molecule has 0 spiro atoms. The molecule has 0 heterocycles. The molecule has 0 aromatic rings. The molecule has 0 nitrogen and oxygen atoms in total. The third kappa shape index (κ3) is 30.3. The maximum atomic E-state index is 2.68. The summed E-state index contributed by atoms with van der Waals surface area (Å²) in [5.74, 6) is 31.9. The molecule has 0 amide bonds. The monoisotopic (exact) mass is 1620 g/mol. The van der Waals surface area contributed by atoms with E-state index in [9.17, 15) is 0 Å². The second-order valence-corrected chi connectivity index (χ2v) is 49.5. The Balaban J connectivity index is 0.000000277. The minimum atomic E-state index is 0.397. The van der Waals surface area contributed by atoms with Crippen molar-refractivity contribution >= 4 is 0 Å². The van der Waals surface area contributed by atoms with Crippen LogP contribution in [0.5, 0.6) is 0 Å². The van der Waals surface area contributed by atoms with E-state index in [1.165, 1.54) is 122 Å². The predicted octanol–water partition coefficient (Wildman–Crippen LogP) is 37.5. The third-order valence-electron chi connectivity index (χ3n) is 35.6. The van der Waals surface area contributed by atoms with Crippen molar-refractivity contribution in [3.63, 3.8) is 0 Å². The number of allylic oxidation sites excluding steroid dienone is 16. The van der Waals surface area contributed by atoms with Gasteiger partial charge in [0.25, 0.3) is 0 Å². The molecule has 0 heteroatoms. The van der Waals surface area contributed by atoms with Crippen LogP contribution >= 0.6 is 0 Å². The van der Waals surface area contributed by atoms with Gasteiger partial charge < -0.3 is 0 Å². The maximum absolute atomic E-state index is 2.68. The van der Waals surface area contributed by atoms with Gasteiger partial charge >= 0.3 is 0 Å². The molecule has 0 radical (unpaired) electrons. The maximum Gasteiger partial charge on any atom is -0.0103 e. The number of rotatable bonds is 3. The van der Waals surface area contributed by atoms with Crippen molar-refractivity contribution in [2.45, 2.75) is 420 Å². The van der Waals surface area contributed by atoms with Crippen LogP contribution in [0.15, 0.2) is 94.2 Å². The van der Waals surface area contributed by atoms with Crippen molar-refractivity contribution in [1.82, 2.24) is 0 Å². The first-order valence-corrected chi connectivity index (χ1v) is 51.8. The summed E-state index contributed by atoms with van der Waals surface area (Å²) in [5.41, 5.74) is 12.0. The zero-order chi connectivity index (χ0) is 89.2. The van der Waals surface area contributed by atoms with E-state index in [1.807, 2.05) is 0 Å². The van der Waals surface area contributed by atoms with E-state index in [0.717, 1.165) is 207 Å². The molecule has 680 valence electrons. The molecule has 15 rings (SSSR count). The van der Waals surface area contributed by atoms with Crippen molar-refractivity contribution in [2.24, 2.45) is 229 Å². The van der Waals surface area contributed by atoms with Crippen LogP contribution in [-0.2, 0) is 0 Å². The summed E-state index contributed by atoms with van der Waals surface area (Å²) in [6, 6.07) is 0. The van der Waals surface area contributed by atoms with Gasteiger partial charge in [0.2, 0.25) is 0 Å². The van der Waals surface area contributed by atoms with E-state index in [2.05, 4.69) is 358 Å². The van der Waals surface area contributed by atoms with Gasteiger partial charge in [0, 0.05) is 0 Å². The van der Waals surface area contributed by atoms with E-state index in [-0.39, 0.29) is 0 Å². The Morgan fingerprint density at radius 1 is 0.316 bits per heavy atom. The number of fused-ring (bicyclic) bond motifs is 7. The molecule has 0 N–H and O–H groups in total. The van der Waals surface area contributed by atoms with Gasteiger partial charge in [-0.25, -0.2) is 0 Å². The molecular weight excluding hydrogens is 1410 g/mol. The molecular formula is C117H212. The lowest BCUT2D eigenvalue weighted by atomic mass is 9.57. The summed E-state index contributed by atoms with van der Waals surface area (Å²) in [7, 11) is 0. The highest BCUT2D eigenvalue weighted by molar-refractivity contribution is 5.47. The van der Waals surface area contributed by atoms with Gasteiger partial charge in [-0.2, -0.15) is 0 Å². The molecule has 12 atom stereocenters. The van der Waals surface area contributed by atoms with Crippen LogP contribution in [0.3, 0.4) is 0 Å². The standard InChI is InChI=1S/C18H28.C17H26.C15H22.C13H20.4C10H20.2C4H10.2C3H8/c1-12-6-7-13-10-15-16(11-14(12)13)18(4,5)9-8-17(15,2)3;1-17(2,3)11-15-8-7-14-9-12-5-4-6-13(12)10-16(14)15;1-10-4-5-11-6-12-8-15(2,3)9-13(12)7-14(10)11;1-10(2)9-12-8-7-11-5-3-4-6-13(11)12;4*1-6-7(2)9(4)10(5)8(6)3;2*1-4(2)3;2*1-3-2/h10-14H,6-9H2,1-5H3;9-10,14-16H,4-8,11H2,1-3H3;6-7,10-11,14H,4-5,8-9H2,1-3H3;3-6,10-13H,7-9H2,1-2H3;4*6-10H,1-5H3;2*4H,1-3H3;2*3H2,1-2H3. The van der Waals surface area contributed by atoms with Gasteiger partial charge in [0.15, 0.2) is 0 Å². The fourth-order valence-corrected chi connectivity index (χ4v) is 25.1. The van der Waals surface area contributed by atoms with Gasteiger partial charge in [-0.05, 0) is 371 Å². The Hall–Kier alpha value is -2.08. The van der Waals surface area contributed by atoms with E-state index < -0.39 is 0 Å². The van der Waals surface area contributed by atoms with Crippen molar-refractivity contribution in [3.8, 4) is 0 Å². The van der Waals surface area contributed by atoms with E-state index in [4.69, 9.17) is 0 Å². The molecule has 15 aliphatic carbocycles. The molecule has 11 fully saturated rings. The molecule has 11 saturated carbocycles. The lowest BCUT2D eigenvalue weighted by Gasteiger charge is -2.47. The van der Waals surface area contributed by atoms with Gasteiger partial charge in [-0.3, -0.25) is 0 Å². The van der Waals surface area contributed by atoms with E-state index >= 15 is 0 Å². The van der Waals surface area contributed by atoms with Crippen molar-refractivity contribution < 1.29 is 0 Å². The zero-order valence-electron chi connectivity index (χ0n) is 87.4. The van der Waals surface area contributed by atoms with Crippen molar-refractivity contribution in [2.75, 3.05) is 0 Å². The second kappa shape index (κ2) is 48.0. The molecule has 0 saturated heterocycles. The summed E-state index contributed by atoms with van der Waals surface area (Å²) >= 11 is 0. The van der Waals surface area contributed by atoms with Crippen LogP contribution < -0.4 is 0 Å². The summed E-state index contributed by atoms with van der Waals surface area (Å²) < 4.78 is 0. The first-order chi connectivity index (χ1) is 54.2.